The largest absolute Gasteiger partial charge is 0.495 e. The molecule has 0 amide bonds. The van der Waals surface area contributed by atoms with Crippen LogP contribution in [-0.2, 0) is 62.9 Å². The molecule has 9 nitrogen and oxygen atoms in total. The Hall–Kier alpha value is -5.06. The first-order valence-corrected chi connectivity index (χ1v) is 41.8. The summed E-state index contributed by atoms with van der Waals surface area (Å²) < 4.78 is 57.2. The van der Waals surface area contributed by atoms with Crippen molar-refractivity contribution >= 4 is 131 Å². The summed E-state index contributed by atoms with van der Waals surface area (Å²) in [6.07, 6.45) is 24.2. The highest BCUT2D eigenvalue weighted by Crippen LogP contribution is 2.45. The van der Waals surface area contributed by atoms with Gasteiger partial charge in [-0.25, -0.2) is 0 Å². The van der Waals surface area contributed by atoms with Gasteiger partial charge in [0.2, 0.25) is 0 Å². The smallest absolute Gasteiger partial charge is 0.399 e. The summed E-state index contributed by atoms with van der Waals surface area (Å²) in [7, 11) is -1.47. The second-order valence-corrected chi connectivity index (χ2v) is 36.5. The number of benzene rings is 7. The van der Waals surface area contributed by atoms with Gasteiger partial charge in [-0.3, -0.25) is 0 Å². The van der Waals surface area contributed by atoms with Crippen LogP contribution in [-0.4, -0.2) is 73.3 Å². The third kappa shape index (κ3) is 19.3. The Balaban J connectivity index is 0.000000170. The van der Waals surface area contributed by atoms with Crippen molar-refractivity contribution in [2.24, 2.45) is 0 Å². The zero-order valence-electron chi connectivity index (χ0n) is 67.3. The normalized spacial score (nSPS) is 18.4. The molecule has 1 aromatic heterocycles. The summed E-state index contributed by atoms with van der Waals surface area (Å²) in [6.45, 7) is 46.3. The molecule has 0 radical (unpaired) electrons. The van der Waals surface area contributed by atoms with Crippen LogP contribution in [0.4, 0.5) is 17.1 Å². The molecule has 0 spiro atoms. The van der Waals surface area contributed by atoms with Crippen LogP contribution in [0.15, 0.2) is 174 Å². The van der Waals surface area contributed by atoms with Gasteiger partial charge in [0.15, 0.2) is 0 Å². The van der Waals surface area contributed by atoms with Gasteiger partial charge in [0.25, 0.3) is 0 Å². The quantitative estimate of drug-likeness (QED) is 0.0271. The number of hydrogen-bond donors (Lipinski definition) is 0. The van der Waals surface area contributed by atoms with Crippen molar-refractivity contribution in [1.29, 1.82) is 0 Å². The van der Waals surface area contributed by atoms with Gasteiger partial charge in [-0.1, -0.05) is 169 Å². The van der Waals surface area contributed by atoms with Crippen molar-refractivity contribution < 1.29 is 37.2 Å². The molecule has 564 valence electrons. The van der Waals surface area contributed by atoms with E-state index in [2.05, 4.69) is 314 Å². The Kier molecular flexibility index (Phi) is 27.6. The van der Waals surface area contributed by atoms with Crippen LogP contribution in [0, 0.1) is 0 Å². The molecule has 0 bridgehead atoms. The van der Waals surface area contributed by atoms with Gasteiger partial charge in [-0.2, -0.15) is 0 Å². The molecular formula is C90H119B4Br2NO8S. The molecule has 106 heavy (non-hydrogen) atoms. The van der Waals surface area contributed by atoms with Crippen molar-refractivity contribution in [1.82, 2.24) is 0 Å². The standard InChI is InChI=1S/C30H52B2O4.C30H48B2O4.C30H19Br2NS/c2*1-11-13-15-17-19-23-21-26(32-35-29(7,8)30(9,10)36-32)24(20-18-16-14-12-2)22-25(23)31-33-27(3,4)28(5,6)34-31;31-21-10-16-24(17-11-21)33(25-18-12-22(32)13-19-25)23-14-8-20(9-15-23)26-5-3-6-28-27-4-1-2-7-29(27)34-30(26)28/h21-22H,11-20H2,1-10H3;11-12,21-22H,1-2,13-20H2,3-10H3;1-19H. The predicted octanol–water partition coefficient (Wildman–Crippen LogP) is 23.3. The van der Waals surface area contributed by atoms with Gasteiger partial charge >= 0.3 is 28.5 Å². The number of allylic oxidation sites excluding steroid dienone is 2. The van der Waals surface area contributed by atoms with Gasteiger partial charge in [0, 0.05) is 46.2 Å². The summed E-state index contributed by atoms with van der Waals surface area (Å²) in [6, 6.07) is 50.4. The summed E-state index contributed by atoms with van der Waals surface area (Å²) in [4.78, 5) is 2.28. The average molecular weight is 1580 g/mol. The fraction of sp³-hybridized carbons (Fsp3) is 0.489. The molecule has 4 aliphatic rings. The van der Waals surface area contributed by atoms with Crippen LogP contribution >= 0.6 is 43.2 Å². The van der Waals surface area contributed by atoms with Gasteiger partial charge < -0.3 is 42.1 Å². The fourth-order valence-electron chi connectivity index (χ4n) is 14.2. The lowest BCUT2D eigenvalue weighted by Crippen LogP contribution is -2.43. The Morgan fingerprint density at radius 2 is 0.660 bits per heavy atom. The van der Waals surface area contributed by atoms with Gasteiger partial charge in [-0.15, -0.1) is 24.5 Å². The summed E-state index contributed by atoms with van der Waals surface area (Å²) in [5.41, 5.74) is 12.7. The molecule has 4 saturated heterocycles. The zero-order chi connectivity index (χ0) is 76.6. The van der Waals surface area contributed by atoms with E-state index in [1.807, 2.05) is 23.5 Å². The molecule has 0 saturated carbocycles. The van der Waals surface area contributed by atoms with Crippen molar-refractivity contribution in [3.05, 3.63) is 196 Å². The monoisotopic (exact) mass is 1580 g/mol. The molecule has 0 aliphatic carbocycles. The maximum Gasteiger partial charge on any atom is 0.495 e. The number of halogens is 2. The van der Waals surface area contributed by atoms with Gasteiger partial charge in [-0.05, 0) is 310 Å². The Bertz CT molecular complexity index is 4010. The first-order chi connectivity index (χ1) is 50.2. The van der Waals surface area contributed by atoms with E-state index in [1.54, 1.807) is 0 Å². The Labute approximate surface area is 660 Å². The lowest BCUT2D eigenvalue weighted by Gasteiger charge is -2.32. The van der Waals surface area contributed by atoms with E-state index in [9.17, 15) is 0 Å². The molecule has 0 unspecified atom stereocenters. The predicted molar refractivity (Wildman–Crippen MR) is 462 cm³/mol. The highest BCUT2D eigenvalue weighted by atomic mass is 79.9. The number of hydrogen-bond acceptors (Lipinski definition) is 10. The number of unbranched alkanes of at least 4 members (excludes halogenated alkanes) is 10. The maximum atomic E-state index is 6.56. The summed E-state index contributed by atoms with van der Waals surface area (Å²) in [5, 5.41) is 2.66. The molecule has 5 heterocycles. The molecular weight excluding hydrogens is 1460 g/mol. The van der Waals surface area contributed by atoms with Crippen molar-refractivity contribution in [2.75, 3.05) is 4.90 Å². The van der Waals surface area contributed by atoms with Crippen molar-refractivity contribution in [2.45, 2.75) is 285 Å². The lowest BCUT2D eigenvalue weighted by molar-refractivity contribution is 0.00578. The molecule has 4 fully saturated rings. The highest BCUT2D eigenvalue weighted by molar-refractivity contribution is 9.10. The van der Waals surface area contributed by atoms with E-state index in [4.69, 9.17) is 37.2 Å². The molecule has 0 N–H and O–H groups in total. The second kappa shape index (κ2) is 35.1. The van der Waals surface area contributed by atoms with Crippen LogP contribution in [0.3, 0.4) is 0 Å². The summed E-state index contributed by atoms with van der Waals surface area (Å²) in [5.74, 6) is 0. The van der Waals surface area contributed by atoms with Crippen LogP contribution in [0.5, 0.6) is 0 Å². The third-order valence-corrected chi connectivity index (χ3v) is 25.9. The average Bonchev–Trinajstić information content (AvgIpc) is 1.60. The van der Waals surface area contributed by atoms with E-state index in [0.29, 0.717) is 0 Å². The third-order valence-electron chi connectivity index (χ3n) is 23.6. The number of aryl methyl sites for hydroxylation is 4. The lowest BCUT2D eigenvalue weighted by atomic mass is 9.67. The number of thiophene rings is 1. The van der Waals surface area contributed by atoms with E-state index in [1.165, 1.54) is 116 Å². The Morgan fingerprint density at radius 1 is 0.358 bits per heavy atom. The highest BCUT2D eigenvalue weighted by Gasteiger charge is 2.57. The Morgan fingerprint density at radius 3 is 0.981 bits per heavy atom. The van der Waals surface area contributed by atoms with Gasteiger partial charge in [0.05, 0.1) is 44.8 Å². The SMILES string of the molecule is Brc1ccc(N(c2ccc(Br)cc2)c2ccc(-c3cccc4c3sc3ccccc34)cc2)cc1.C=CCCCCc1cc(B2OC(C)(C)C(C)(C)O2)c(CCCCC=C)cc1B1OC(C)(C)C(C)(C)O1.CCCCCCc1cc(B2OC(C)(C)C(C)(C)O2)c(CCCCCC)cc1B1OC(C)(C)C(C)(C)O1. The van der Waals surface area contributed by atoms with E-state index >= 15 is 0 Å². The number of nitrogens with zero attached hydrogens (tertiary/aromatic N) is 1. The zero-order valence-corrected chi connectivity index (χ0v) is 71.3. The molecule has 4 aliphatic heterocycles. The molecule has 16 heteroatoms. The minimum Gasteiger partial charge on any atom is -0.399 e. The van der Waals surface area contributed by atoms with Crippen molar-refractivity contribution in [3.8, 4) is 11.1 Å². The second-order valence-electron chi connectivity index (χ2n) is 33.7. The molecule has 12 rings (SSSR count). The molecule has 7 aromatic carbocycles. The number of fused-ring (bicyclic) bond motifs is 3. The maximum absolute atomic E-state index is 6.56. The van der Waals surface area contributed by atoms with Crippen LogP contribution in [0.1, 0.15) is 237 Å². The van der Waals surface area contributed by atoms with Crippen molar-refractivity contribution in [3.63, 3.8) is 0 Å². The molecule has 8 aromatic rings. The minimum atomic E-state index is -0.385. The topological polar surface area (TPSA) is 77.1 Å². The van der Waals surface area contributed by atoms with Crippen LogP contribution < -0.4 is 26.8 Å². The minimum absolute atomic E-state index is 0.349. The molecule has 0 atom stereocenters. The first kappa shape index (κ1) is 83.4. The number of rotatable bonds is 28. The van der Waals surface area contributed by atoms with Crippen LogP contribution in [0.2, 0.25) is 0 Å². The van der Waals surface area contributed by atoms with Crippen LogP contribution in [0.25, 0.3) is 31.3 Å². The summed E-state index contributed by atoms with van der Waals surface area (Å²) >= 11 is 8.99. The van der Waals surface area contributed by atoms with E-state index in [-0.39, 0.29) is 73.3 Å². The first-order valence-electron chi connectivity index (χ1n) is 39.4. The van der Waals surface area contributed by atoms with E-state index in [0.717, 1.165) is 101 Å². The number of anilines is 3. The van der Waals surface area contributed by atoms with E-state index < -0.39 is 0 Å². The fourth-order valence-corrected chi connectivity index (χ4v) is 15.9. The van der Waals surface area contributed by atoms with Gasteiger partial charge in [0.1, 0.15) is 0 Å².